The highest BCUT2D eigenvalue weighted by Crippen LogP contribution is 2.33. The second kappa shape index (κ2) is 12.1. The number of hydrogen-bond acceptors (Lipinski definition) is 5. The average molecular weight is 420 g/mol. The van der Waals surface area contributed by atoms with Gasteiger partial charge in [0.05, 0.1) is 22.3 Å². The van der Waals surface area contributed by atoms with Gasteiger partial charge in [0.1, 0.15) is 5.78 Å². The zero-order valence-electron chi connectivity index (χ0n) is 18.1. The zero-order valence-corrected chi connectivity index (χ0v) is 18.9. The number of amides is 1. The molecule has 2 saturated carbocycles. The van der Waals surface area contributed by atoms with E-state index in [4.69, 9.17) is 0 Å². The first-order valence-corrected chi connectivity index (χ1v) is 11.8. The van der Waals surface area contributed by atoms with E-state index in [0.717, 1.165) is 5.82 Å². The van der Waals surface area contributed by atoms with Crippen LogP contribution in [0.1, 0.15) is 78.1 Å². The topological polar surface area (TPSA) is 61.4 Å². The maximum atomic E-state index is 12.3. The normalized spacial score (nSPS) is 18.8. The highest BCUT2D eigenvalue weighted by atomic mass is 32.2. The fourth-order valence-corrected chi connectivity index (χ4v) is 5.09. The van der Waals surface area contributed by atoms with E-state index >= 15 is 0 Å². The van der Waals surface area contributed by atoms with Crippen LogP contribution >= 0.6 is 11.8 Å². The van der Waals surface area contributed by atoms with Gasteiger partial charge in [-0.1, -0.05) is 69.5 Å². The molecule has 2 aliphatic rings. The molecule has 0 aromatic heterocycles. The Bertz CT molecular complexity index is 614. The summed E-state index contributed by atoms with van der Waals surface area (Å²) < 4.78 is 0. The summed E-state index contributed by atoms with van der Waals surface area (Å²) >= 11 is 1.29. The minimum Gasteiger partial charge on any atom is -0.353 e. The quantitative estimate of drug-likeness (QED) is 0.497. The summed E-state index contributed by atoms with van der Waals surface area (Å²) in [6.45, 7) is 11.8. The van der Waals surface area contributed by atoms with Crippen LogP contribution in [0, 0.1) is 0 Å². The van der Waals surface area contributed by atoms with Crippen molar-refractivity contribution >= 4 is 23.5 Å². The van der Waals surface area contributed by atoms with Crippen LogP contribution in [-0.2, 0) is 9.59 Å². The highest BCUT2D eigenvalue weighted by molar-refractivity contribution is 8.07. The van der Waals surface area contributed by atoms with E-state index < -0.39 is 0 Å². The van der Waals surface area contributed by atoms with Crippen LogP contribution in [-0.4, -0.2) is 35.2 Å². The molecule has 0 heterocycles. The van der Waals surface area contributed by atoms with Gasteiger partial charge in [0.15, 0.2) is 0 Å². The van der Waals surface area contributed by atoms with Gasteiger partial charge < -0.3 is 15.5 Å². The number of rotatable bonds is 10. The summed E-state index contributed by atoms with van der Waals surface area (Å²) in [7, 11) is 0. The fourth-order valence-electron chi connectivity index (χ4n) is 4.37. The lowest BCUT2D eigenvalue weighted by atomic mass is 9.88. The van der Waals surface area contributed by atoms with Crippen molar-refractivity contribution in [3.05, 3.63) is 35.0 Å². The molecule has 0 atom stereocenters. The molecular weight excluding hydrogens is 382 g/mol. The van der Waals surface area contributed by atoms with Gasteiger partial charge in [0, 0.05) is 12.1 Å². The third-order valence-electron chi connectivity index (χ3n) is 5.75. The lowest BCUT2D eigenvalue weighted by molar-refractivity contribution is -0.121. The molecule has 2 N–H and O–H groups in total. The summed E-state index contributed by atoms with van der Waals surface area (Å²) in [5.41, 5.74) is 0. The molecule has 0 saturated heterocycles. The van der Waals surface area contributed by atoms with E-state index in [1.807, 2.05) is 6.92 Å². The Morgan fingerprint density at radius 2 is 1.52 bits per heavy atom. The van der Waals surface area contributed by atoms with Gasteiger partial charge in [-0.2, -0.15) is 0 Å². The van der Waals surface area contributed by atoms with Crippen molar-refractivity contribution in [2.75, 3.05) is 6.54 Å². The number of nitrogens with zero attached hydrogens (tertiary/aromatic N) is 1. The van der Waals surface area contributed by atoms with E-state index in [1.165, 1.54) is 82.9 Å². The van der Waals surface area contributed by atoms with Crippen molar-refractivity contribution in [1.29, 1.82) is 0 Å². The summed E-state index contributed by atoms with van der Waals surface area (Å²) in [4.78, 5) is 26.4. The molecule has 0 aromatic rings. The molecule has 0 aromatic carbocycles. The van der Waals surface area contributed by atoms with Crippen molar-refractivity contribution in [3.63, 3.8) is 0 Å². The molecule has 0 bridgehead atoms. The van der Waals surface area contributed by atoms with Gasteiger partial charge in [-0.25, -0.2) is 0 Å². The standard InChI is InChI=1S/C23H37N3O2S/c1-5-22(23(28)24-16-17(2)27)29-19(4)25-18(3)26(20-12-8-6-9-13-20)21-14-10-7-11-15-21/h5,20-21,25H,3-4,6-16H2,1-2H3,(H,24,28)/b22-5-. The van der Waals surface area contributed by atoms with E-state index in [9.17, 15) is 9.59 Å². The Morgan fingerprint density at radius 3 is 1.97 bits per heavy atom. The van der Waals surface area contributed by atoms with Crippen LogP contribution in [0.4, 0.5) is 0 Å². The maximum Gasteiger partial charge on any atom is 0.258 e. The first-order chi connectivity index (χ1) is 13.9. The number of carbonyl (C=O) groups excluding carboxylic acids is 2. The molecule has 0 unspecified atom stereocenters. The van der Waals surface area contributed by atoms with E-state index in [0.29, 0.717) is 22.0 Å². The molecule has 0 radical (unpaired) electrons. The van der Waals surface area contributed by atoms with Crippen molar-refractivity contribution in [2.24, 2.45) is 0 Å². The van der Waals surface area contributed by atoms with Crippen LogP contribution in [0.2, 0.25) is 0 Å². The lowest BCUT2D eigenvalue weighted by Crippen LogP contribution is -2.47. The smallest absolute Gasteiger partial charge is 0.258 e. The Labute approximate surface area is 180 Å². The fraction of sp³-hybridized carbons (Fsp3) is 0.652. The number of Topliss-reactive ketones (excluding diaryl/α,β-unsaturated/α-hetero) is 1. The van der Waals surface area contributed by atoms with Crippen LogP contribution < -0.4 is 10.6 Å². The molecule has 2 rings (SSSR count). The summed E-state index contributed by atoms with van der Waals surface area (Å²) in [5.74, 6) is 0.582. The number of hydrogen-bond donors (Lipinski definition) is 2. The molecule has 6 heteroatoms. The SMILES string of the molecule is C=C(NC(=C)N(C1CCCCC1)C1CCCCC1)S/C(=C\C)C(=O)NCC(C)=O. The first kappa shape index (κ1) is 23.6. The Hall–Kier alpha value is -1.69. The van der Waals surface area contributed by atoms with Gasteiger partial charge >= 0.3 is 0 Å². The molecule has 0 spiro atoms. The Balaban J connectivity index is 1.98. The molecule has 2 aliphatic carbocycles. The van der Waals surface area contributed by atoms with Crippen LogP contribution in [0.15, 0.2) is 35.0 Å². The van der Waals surface area contributed by atoms with Crippen molar-refractivity contribution in [2.45, 2.75) is 90.1 Å². The Kier molecular flexibility index (Phi) is 9.85. The number of thioether (sulfide) groups is 1. The molecule has 2 fully saturated rings. The summed E-state index contributed by atoms with van der Waals surface area (Å²) in [6.07, 6.45) is 14.5. The minimum atomic E-state index is -0.252. The van der Waals surface area contributed by atoms with E-state index in [2.05, 4.69) is 28.7 Å². The molecule has 162 valence electrons. The second-order valence-electron chi connectivity index (χ2n) is 8.13. The number of ketones is 1. The number of carbonyl (C=O) groups is 2. The molecule has 1 amide bonds. The van der Waals surface area contributed by atoms with E-state index in [1.54, 1.807) is 6.08 Å². The second-order valence-corrected chi connectivity index (χ2v) is 9.26. The predicted molar refractivity (Wildman–Crippen MR) is 122 cm³/mol. The van der Waals surface area contributed by atoms with Gasteiger partial charge in [-0.15, -0.1) is 0 Å². The first-order valence-electron chi connectivity index (χ1n) is 11.0. The largest absolute Gasteiger partial charge is 0.353 e. The summed E-state index contributed by atoms with van der Waals surface area (Å²) in [5, 5.41) is 6.69. The van der Waals surface area contributed by atoms with Gasteiger partial charge in [-0.05, 0) is 39.5 Å². The highest BCUT2D eigenvalue weighted by Gasteiger charge is 2.30. The third kappa shape index (κ3) is 7.57. The lowest BCUT2D eigenvalue weighted by Gasteiger charge is -2.44. The van der Waals surface area contributed by atoms with Crippen molar-refractivity contribution in [3.8, 4) is 0 Å². The van der Waals surface area contributed by atoms with E-state index in [-0.39, 0.29) is 18.2 Å². The Morgan fingerprint density at radius 1 is 1.00 bits per heavy atom. The predicted octanol–water partition coefficient (Wildman–Crippen LogP) is 4.83. The molecule has 0 aliphatic heterocycles. The van der Waals surface area contributed by atoms with Crippen LogP contribution in [0.3, 0.4) is 0 Å². The third-order valence-corrected chi connectivity index (χ3v) is 6.74. The van der Waals surface area contributed by atoms with Gasteiger partial charge in [-0.3, -0.25) is 9.59 Å². The van der Waals surface area contributed by atoms with Gasteiger partial charge in [0.25, 0.3) is 5.91 Å². The monoisotopic (exact) mass is 419 g/mol. The number of nitrogens with one attached hydrogen (secondary N) is 2. The summed E-state index contributed by atoms with van der Waals surface area (Å²) in [6, 6.07) is 1.09. The average Bonchev–Trinajstić information content (AvgIpc) is 2.72. The van der Waals surface area contributed by atoms with Crippen LogP contribution in [0.25, 0.3) is 0 Å². The molecule has 29 heavy (non-hydrogen) atoms. The van der Waals surface area contributed by atoms with Crippen molar-refractivity contribution < 1.29 is 9.59 Å². The number of allylic oxidation sites excluding steroid dienone is 1. The van der Waals surface area contributed by atoms with Crippen LogP contribution in [0.5, 0.6) is 0 Å². The maximum absolute atomic E-state index is 12.3. The zero-order chi connectivity index (χ0) is 21.2. The molecular formula is C23H37N3O2S. The van der Waals surface area contributed by atoms with Crippen molar-refractivity contribution in [1.82, 2.24) is 15.5 Å². The minimum absolute atomic E-state index is 0.0421. The molecule has 5 nitrogen and oxygen atoms in total. The van der Waals surface area contributed by atoms with Gasteiger partial charge in [0.2, 0.25) is 0 Å².